The minimum Gasteiger partial charge on any atom is -0.343 e. The van der Waals surface area contributed by atoms with Gasteiger partial charge in [-0.3, -0.25) is 4.79 Å². The van der Waals surface area contributed by atoms with Crippen LogP contribution < -0.4 is 14.7 Å². The van der Waals surface area contributed by atoms with Crippen LogP contribution in [-0.4, -0.2) is 36.5 Å². The Labute approximate surface area is 158 Å². The highest BCUT2D eigenvalue weighted by molar-refractivity contribution is 5.97. The first-order valence-corrected chi connectivity index (χ1v) is 8.84. The second-order valence-corrected chi connectivity index (χ2v) is 6.57. The Morgan fingerprint density at radius 3 is 2.52 bits per heavy atom. The van der Waals surface area contributed by atoms with Crippen molar-refractivity contribution in [2.75, 3.05) is 35.3 Å². The first kappa shape index (κ1) is 17.0. The fourth-order valence-corrected chi connectivity index (χ4v) is 3.28. The van der Waals surface area contributed by atoms with E-state index in [2.05, 4.69) is 16.0 Å². The molecular weight excluding hydrogens is 338 g/mol. The Kier molecular flexibility index (Phi) is 4.46. The van der Waals surface area contributed by atoms with Crippen molar-refractivity contribution in [2.45, 2.75) is 6.54 Å². The van der Waals surface area contributed by atoms with E-state index in [0.29, 0.717) is 6.54 Å². The summed E-state index contributed by atoms with van der Waals surface area (Å²) in [5.41, 5.74) is 3.09. The summed E-state index contributed by atoms with van der Waals surface area (Å²) in [6.45, 7) is 0.897. The molecule has 4 rings (SSSR count). The van der Waals surface area contributed by atoms with Crippen LogP contribution in [0.2, 0.25) is 0 Å². The molecule has 0 fully saturated rings. The van der Waals surface area contributed by atoms with Crippen molar-refractivity contribution in [3.05, 3.63) is 72.6 Å². The molecule has 2 heterocycles. The lowest BCUT2D eigenvalue weighted by atomic mass is 10.1. The van der Waals surface area contributed by atoms with Crippen LogP contribution in [0.4, 0.5) is 23.0 Å². The highest BCUT2D eigenvalue weighted by Crippen LogP contribution is 2.28. The maximum Gasteiger partial charge on any atom is 0.246 e. The molecule has 0 saturated heterocycles. The number of carbonyl (C=O) groups excluding carboxylic acids is 1. The molecule has 0 radical (unpaired) electrons. The second-order valence-electron chi connectivity index (χ2n) is 6.57. The summed E-state index contributed by atoms with van der Waals surface area (Å²) in [7, 11) is 3.79. The van der Waals surface area contributed by atoms with Gasteiger partial charge in [-0.15, -0.1) is 0 Å². The van der Waals surface area contributed by atoms with Crippen LogP contribution in [0.1, 0.15) is 5.56 Å². The molecule has 1 aliphatic rings. The number of nitrogens with zero attached hydrogens (tertiary/aromatic N) is 5. The number of rotatable bonds is 3. The summed E-state index contributed by atoms with van der Waals surface area (Å²) >= 11 is 0. The number of hydrogen-bond acceptors (Lipinski definition) is 5. The molecule has 1 aliphatic heterocycles. The summed E-state index contributed by atoms with van der Waals surface area (Å²) in [4.78, 5) is 27.2. The quantitative estimate of drug-likeness (QED) is 0.719. The average molecular weight is 359 g/mol. The van der Waals surface area contributed by atoms with E-state index in [1.165, 1.54) is 0 Å². The molecule has 27 heavy (non-hydrogen) atoms. The van der Waals surface area contributed by atoms with Gasteiger partial charge in [0, 0.05) is 38.1 Å². The van der Waals surface area contributed by atoms with Crippen molar-refractivity contribution < 1.29 is 4.79 Å². The predicted molar refractivity (Wildman–Crippen MR) is 107 cm³/mol. The van der Waals surface area contributed by atoms with E-state index >= 15 is 0 Å². The Balaban J connectivity index is 1.67. The highest BCUT2D eigenvalue weighted by Gasteiger charge is 2.24. The molecular formula is C21H21N5O. The van der Waals surface area contributed by atoms with Crippen LogP contribution in [-0.2, 0) is 11.3 Å². The molecule has 3 aromatic rings. The average Bonchev–Trinajstić information content (AvgIpc) is 2.85. The van der Waals surface area contributed by atoms with Crippen molar-refractivity contribution in [3.8, 4) is 0 Å². The van der Waals surface area contributed by atoms with Gasteiger partial charge >= 0.3 is 0 Å². The van der Waals surface area contributed by atoms with Gasteiger partial charge in [-0.2, -0.15) is 0 Å². The molecule has 2 aromatic carbocycles. The van der Waals surface area contributed by atoms with Crippen molar-refractivity contribution in [2.24, 2.45) is 0 Å². The van der Waals surface area contributed by atoms with Gasteiger partial charge in [0.15, 0.2) is 0 Å². The molecule has 0 atom stereocenters. The Morgan fingerprint density at radius 1 is 0.963 bits per heavy atom. The number of anilines is 4. The summed E-state index contributed by atoms with van der Waals surface area (Å²) in [6.07, 6.45) is 1.55. The fourth-order valence-electron chi connectivity index (χ4n) is 3.28. The SMILES string of the molecule is CN1C(=O)CN(c2cc(N(C)c3ccccc3)ncn2)Cc2ccccc21. The minimum atomic E-state index is 0.0385. The van der Waals surface area contributed by atoms with Crippen LogP contribution in [0, 0.1) is 0 Å². The van der Waals surface area contributed by atoms with Crippen molar-refractivity contribution in [3.63, 3.8) is 0 Å². The normalized spacial score (nSPS) is 13.9. The maximum absolute atomic E-state index is 12.6. The van der Waals surface area contributed by atoms with Crippen LogP contribution in [0.3, 0.4) is 0 Å². The maximum atomic E-state index is 12.6. The molecule has 136 valence electrons. The topological polar surface area (TPSA) is 52.6 Å². The Morgan fingerprint density at radius 2 is 1.70 bits per heavy atom. The van der Waals surface area contributed by atoms with Crippen LogP contribution in [0.5, 0.6) is 0 Å². The molecule has 1 amide bonds. The van der Waals surface area contributed by atoms with Gasteiger partial charge in [-0.05, 0) is 23.8 Å². The number of hydrogen-bond donors (Lipinski definition) is 0. The van der Waals surface area contributed by atoms with Gasteiger partial charge in [-0.25, -0.2) is 9.97 Å². The lowest BCUT2D eigenvalue weighted by Crippen LogP contribution is -2.35. The highest BCUT2D eigenvalue weighted by atomic mass is 16.2. The van der Waals surface area contributed by atoms with Crippen LogP contribution >= 0.6 is 0 Å². The lowest BCUT2D eigenvalue weighted by molar-refractivity contribution is -0.117. The number of carbonyl (C=O) groups is 1. The van der Waals surface area contributed by atoms with Crippen molar-refractivity contribution in [1.82, 2.24) is 9.97 Å². The molecule has 6 heteroatoms. The number of aromatic nitrogens is 2. The molecule has 0 spiro atoms. The third-order valence-electron chi connectivity index (χ3n) is 4.86. The third-order valence-corrected chi connectivity index (χ3v) is 4.86. The van der Waals surface area contributed by atoms with Gasteiger partial charge < -0.3 is 14.7 Å². The minimum absolute atomic E-state index is 0.0385. The lowest BCUT2D eigenvalue weighted by Gasteiger charge is -2.23. The molecule has 6 nitrogen and oxygen atoms in total. The molecule has 1 aromatic heterocycles. The molecule has 0 N–H and O–H groups in total. The summed E-state index contributed by atoms with van der Waals surface area (Å²) in [5, 5.41) is 0. The zero-order chi connectivity index (χ0) is 18.8. The summed E-state index contributed by atoms with van der Waals surface area (Å²) < 4.78 is 0. The largest absolute Gasteiger partial charge is 0.343 e. The van der Waals surface area contributed by atoms with E-state index in [4.69, 9.17) is 0 Å². The monoisotopic (exact) mass is 359 g/mol. The van der Waals surface area contributed by atoms with Gasteiger partial charge in [0.2, 0.25) is 5.91 Å². The number of fused-ring (bicyclic) bond motifs is 1. The Bertz CT molecular complexity index is 960. The molecule has 0 bridgehead atoms. The standard InChI is InChI=1S/C21H21N5O/c1-24(17-9-4-3-5-10-17)19-12-20(23-15-22-19)26-13-16-8-6-7-11-18(16)25(2)21(27)14-26/h3-12,15H,13-14H2,1-2H3. The van der Waals surface area contributed by atoms with Gasteiger partial charge in [0.1, 0.15) is 18.0 Å². The van der Waals surface area contributed by atoms with E-state index in [1.807, 2.05) is 78.5 Å². The van der Waals surface area contributed by atoms with E-state index in [0.717, 1.165) is 28.6 Å². The second kappa shape index (κ2) is 7.07. The van der Waals surface area contributed by atoms with Gasteiger partial charge in [0.25, 0.3) is 0 Å². The van der Waals surface area contributed by atoms with E-state index in [1.54, 1.807) is 11.2 Å². The van der Waals surface area contributed by atoms with E-state index in [9.17, 15) is 4.79 Å². The fraction of sp³-hybridized carbons (Fsp3) is 0.190. The van der Waals surface area contributed by atoms with E-state index in [-0.39, 0.29) is 12.5 Å². The zero-order valence-electron chi connectivity index (χ0n) is 15.4. The summed E-state index contributed by atoms with van der Waals surface area (Å²) in [6, 6.07) is 19.9. The van der Waals surface area contributed by atoms with E-state index < -0.39 is 0 Å². The number of amides is 1. The molecule has 0 aliphatic carbocycles. The smallest absolute Gasteiger partial charge is 0.246 e. The van der Waals surface area contributed by atoms with Crippen molar-refractivity contribution in [1.29, 1.82) is 0 Å². The number of benzene rings is 2. The van der Waals surface area contributed by atoms with Gasteiger partial charge in [0.05, 0.1) is 6.54 Å². The molecule has 0 unspecified atom stereocenters. The number of para-hydroxylation sites is 2. The Hall–Kier alpha value is -3.41. The van der Waals surface area contributed by atoms with Crippen molar-refractivity contribution >= 4 is 28.9 Å². The zero-order valence-corrected chi connectivity index (χ0v) is 15.4. The first-order valence-electron chi connectivity index (χ1n) is 8.84. The van der Waals surface area contributed by atoms with Crippen LogP contribution in [0.15, 0.2) is 67.0 Å². The first-order chi connectivity index (χ1) is 13.1. The summed E-state index contributed by atoms with van der Waals surface area (Å²) in [5.74, 6) is 1.56. The number of likely N-dealkylation sites (N-methyl/N-ethyl adjacent to an activating group) is 1. The van der Waals surface area contributed by atoms with Gasteiger partial charge in [-0.1, -0.05) is 36.4 Å². The molecule has 0 saturated carbocycles. The predicted octanol–water partition coefficient (Wildman–Crippen LogP) is 3.23. The third kappa shape index (κ3) is 3.33. The van der Waals surface area contributed by atoms with Crippen LogP contribution in [0.25, 0.3) is 0 Å².